The van der Waals surface area contributed by atoms with Gasteiger partial charge in [-0.1, -0.05) is 18.7 Å². The molecule has 4 nitrogen and oxygen atoms in total. The number of carboxylic acid groups (broad SMARTS) is 2. The van der Waals surface area contributed by atoms with Gasteiger partial charge in [0, 0.05) is 0 Å². The molecule has 0 spiro atoms. The zero-order valence-corrected chi connectivity index (χ0v) is 8.15. The molecule has 0 fully saturated rings. The van der Waals surface area contributed by atoms with Crippen LogP contribution in [-0.4, -0.2) is 22.2 Å². The first kappa shape index (κ1) is 11.0. The maximum atomic E-state index is 10.8. The average Bonchev–Trinajstić information content (AvgIpc) is 2.16. The van der Waals surface area contributed by atoms with Crippen LogP contribution in [0.2, 0.25) is 0 Å². The SMILES string of the molecule is C=Cc1cc(C)c(C(=O)O)cc1C(=O)O. The predicted molar refractivity (Wildman–Crippen MR) is 55.2 cm³/mol. The first-order chi connectivity index (χ1) is 6.97. The Morgan fingerprint density at radius 3 is 2.13 bits per heavy atom. The minimum atomic E-state index is -1.16. The Labute approximate surface area is 86.5 Å². The molecule has 1 aromatic carbocycles. The average molecular weight is 206 g/mol. The highest BCUT2D eigenvalue weighted by molar-refractivity contribution is 5.97. The minimum Gasteiger partial charge on any atom is -0.478 e. The predicted octanol–water partition coefficient (Wildman–Crippen LogP) is 2.03. The summed E-state index contributed by atoms with van der Waals surface area (Å²) in [4.78, 5) is 21.6. The Bertz CT molecular complexity index is 446. The van der Waals surface area contributed by atoms with Crippen molar-refractivity contribution in [2.45, 2.75) is 6.92 Å². The zero-order valence-electron chi connectivity index (χ0n) is 8.15. The van der Waals surface area contributed by atoms with E-state index in [2.05, 4.69) is 6.58 Å². The Morgan fingerprint density at radius 1 is 1.20 bits per heavy atom. The molecule has 0 bridgehead atoms. The molecule has 0 heterocycles. The van der Waals surface area contributed by atoms with Crippen molar-refractivity contribution < 1.29 is 19.8 Å². The van der Waals surface area contributed by atoms with Crippen molar-refractivity contribution in [2.24, 2.45) is 0 Å². The molecule has 0 saturated carbocycles. The van der Waals surface area contributed by atoms with Crippen molar-refractivity contribution in [3.8, 4) is 0 Å². The van der Waals surface area contributed by atoms with Crippen LogP contribution in [0.3, 0.4) is 0 Å². The summed E-state index contributed by atoms with van der Waals surface area (Å²) in [5.41, 5.74) is 0.887. The molecular weight excluding hydrogens is 196 g/mol. The quantitative estimate of drug-likeness (QED) is 0.793. The van der Waals surface area contributed by atoms with Crippen LogP contribution in [0.5, 0.6) is 0 Å². The summed E-state index contributed by atoms with van der Waals surface area (Å²) < 4.78 is 0. The number of aryl methyl sites for hydroxylation is 1. The Hall–Kier alpha value is -2.10. The molecule has 1 aromatic rings. The van der Waals surface area contributed by atoms with Crippen LogP contribution in [0.4, 0.5) is 0 Å². The van der Waals surface area contributed by atoms with E-state index in [0.29, 0.717) is 11.1 Å². The van der Waals surface area contributed by atoms with Gasteiger partial charge >= 0.3 is 11.9 Å². The number of aromatic carboxylic acids is 2. The summed E-state index contributed by atoms with van der Waals surface area (Å²) in [5, 5.41) is 17.7. The zero-order chi connectivity index (χ0) is 11.6. The highest BCUT2D eigenvalue weighted by Crippen LogP contribution is 2.18. The van der Waals surface area contributed by atoms with E-state index in [4.69, 9.17) is 10.2 Å². The van der Waals surface area contributed by atoms with Crippen molar-refractivity contribution in [1.82, 2.24) is 0 Å². The normalized spacial score (nSPS) is 9.67. The summed E-state index contributed by atoms with van der Waals surface area (Å²) in [5.74, 6) is -2.29. The Balaban J connectivity index is 3.50. The van der Waals surface area contributed by atoms with E-state index in [9.17, 15) is 9.59 Å². The Kier molecular flexibility index (Phi) is 2.90. The molecule has 78 valence electrons. The van der Waals surface area contributed by atoms with Gasteiger partial charge < -0.3 is 10.2 Å². The van der Waals surface area contributed by atoms with Crippen molar-refractivity contribution in [3.63, 3.8) is 0 Å². The van der Waals surface area contributed by atoms with Crippen molar-refractivity contribution >= 4 is 18.0 Å². The summed E-state index contributed by atoms with van der Waals surface area (Å²) in [7, 11) is 0. The van der Waals surface area contributed by atoms with E-state index in [-0.39, 0.29) is 11.1 Å². The third kappa shape index (κ3) is 2.04. The fourth-order valence-corrected chi connectivity index (χ4v) is 1.31. The standard InChI is InChI=1S/C11H10O4/c1-3-7-4-6(2)8(10(12)13)5-9(7)11(14)15/h3-5H,1H2,2H3,(H,12,13)(H,14,15). The van der Waals surface area contributed by atoms with Gasteiger partial charge in [0.15, 0.2) is 0 Å². The molecule has 4 heteroatoms. The van der Waals surface area contributed by atoms with E-state index in [1.165, 1.54) is 12.1 Å². The molecule has 0 aliphatic carbocycles. The van der Waals surface area contributed by atoms with E-state index in [1.54, 1.807) is 6.92 Å². The first-order valence-electron chi connectivity index (χ1n) is 4.21. The van der Waals surface area contributed by atoms with Crippen molar-refractivity contribution in [3.05, 3.63) is 41.0 Å². The lowest BCUT2D eigenvalue weighted by atomic mass is 9.99. The van der Waals surface area contributed by atoms with Crippen LogP contribution in [0.25, 0.3) is 6.08 Å². The highest BCUT2D eigenvalue weighted by atomic mass is 16.4. The summed E-state index contributed by atoms with van der Waals surface area (Å²) >= 11 is 0. The number of carboxylic acids is 2. The molecule has 0 atom stereocenters. The summed E-state index contributed by atoms with van der Waals surface area (Å²) in [6.45, 7) is 5.09. The number of carbonyl (C=O) groups is 2. The molecule has 0 unspecified atom stereocenters. The van der Waals surface area contributed by atoms with Gasteiger partial charge in [0.1, 0.15) is 0 Å². The molecule has 1 rings (SSSR count). The maximum Gasteiger partial charge on any atom is 0.336 e. The van der Waals surface area contributed by atoms with Gasteiger partial charge in [0.05, 0.1) is 11.1 Å². The molecule has 15 heavy (non-hydrogen) atoms. The summed E-state index contributed by atoms with van der Waals surface area (Å²) in [6.07, 6.45) is 1.39. The first-order valence-corrected chi connectivity index (χ1v) is 4.21. The molecule has 0 amide bonds. The second-order valence-corrected chi connectivity index (χ2v) is 3.07. The molecule has 2 N–H and O–H groups in total. The van der Waals surface area contributed by atoms with Gasteiger partial charge in [-0.2, -0.15) is 0 Å². The molecule has 0 aromatic heterocycles. The van der Waals surface area contributed by atoms with Gasteiger partial charge in [-0.25, -0.2) is 9.59 Å². The maximum absolute atomic E-state index is 10.8. The van der Waals surface area contributed by atoms with Crippen LogP contribution < -0.4 is 0 Å². The van der Waals surface area contributed by atoms with E-state index in [1.807, 2.05) is 0 Å². The van der Waals surface area contributed by atoms with E-state index >= 15 is 0 Å². The number of benzene rings is 1. The monoisotopic (exact) mass is 206 g/mol. The lowest BCUT2D eigenvalue weighted by Crippen LogP contribution is -2.06. The molecule has 0 aliphatic rings. The number of hydrogen-bond acceptors (Lipinski definition) is 2. The molecule has 0 saturated heterocycles. The lowest BCUT2D eigenvalue weighted by molar-refractivity contribution is 0.0695. The van der Waals surface area contributed by atoms with Crippen LogP contribution in [-0.2, 0) is 0 Å². The third-order valence-electron chi connectivity index (χ3n) is 2.08. The minimum absolute atomic E-state index is 0.00185. The number of rotatable bonds is 3. The topological polar surface area (TPSA) is 74.6 Å². The van der Waals surface area contributed by atoms with E-state index < -0.39 is 11.9 Å². The van der Waals surface area contributed by atoms with Crippen molar-refractivity contribution in [2.75, 3.05) is 0 Å². The van der Waals surface area contributed by atoms with Gasteiger partial charge in [-0.3, -0.25) is 0 Å². The van der Waals surface area contributed by atoms with E-state index in [0.717, 1.165) is 6.07 Å². The van der Waals surface area contributed by atoms with Crippen LogP contribution in [0.1, 0.15) is 31.8 Å². The fraction of sp³-hybridized carbons (Fsp3) is 0.0909. The van der Waals surface area contributed by atoms with Crippen molar-refractivity contribution in [1.29, 1.82) is 0 Å². The molecular formula is C11H10O4. The van der Waals surface area contributed by atoms with Crippen LogP contribution in [0, 0.1) is 6.92 Å². The molecule has 0 radical (unpaired) electrons. The third-order valence-corrected chi connectivity index (χ3v) is 2.08. The van der Waals surface area contributed by atoms with Gasteiger partial charge in [0.2, 0.25) is 0 Å². The smallest absolute Gasteiger partial charge is 0.336 e. The molecule has 0 aliphatic heterocycles. The lowest BCUT2D eigenvalue weighted by Gasteiger charge is -2.06. The second-order valence-electron chi connectivity index (χ2n) is 3.07. The number of hydrogen-bond donors (Lipinski definition) is 2. The van der Waals surface area contributed by atoms with Crippen LogP contribution in [0.15, 0.2) is 18.7 Å². The van der Waals surface area contributed by atoms with Gasteiger partial charge in [-0.05, 0) is 24.1 Å². The van der Waals surface area contributed by atoms with Gasteiger partial charge in [-0.15, -0.1) is 0 Å². The highest BCUT2D eigenvalue weighted by Gasteiger charge is 2.14. The second kappa shape index (κ2) is 3.96. The summed E-state index contributed by atoms with van der Waals surface area (Å²) in [6, 6.07) is 2.65. The largest absolute Gasteiger partial charge is 0.478 e. The van der Waals surface area contributed by atoms with Gasteiger partial charge in [0.25, 0.3) is 0 Å². The van der Waals surface area contributed by atoms with Crippen LogP contribution >= 0.6 is 0 Å². The fourth-order valence-electron chi connectivity index (χ4n) is 1.31. The Morgan fingerprint density at radius 2 is 1.73 bits per heavy atom.